The monoisotopic (exact) mass is 357 g/mol. The number of likely N-dealkylation sites (N-methyl/N-ethyl adjacent to an activating group) is 2. The first-order valence-electron chi connectivity index (χ1n) is 8.66. The van der Waals surface area contributed by atoms with Gasteiger partial charge in [0.05, 0.1) is 12.1 Å². The van der Waals surface area contributed by atoms with Crippen molar-refractivity contribution < 1.29 is 9.59 Å². The van der Waals surface area contributed by atoms with Gasteiger partial charge in [-0.1, -0.05) is 36.4 Å². The summed E-state index contributed by atoms with van der Waals surface area (Å²) in [5, 5.41) is 0. The number of hydrogen-bond acceptors (Lipinski definition) is 4. The lowest BCUT2D eigenvalue weighted by Gasteiger charge is -2.34. The van der Waals surface area contributed by atoms with Gasteiger partial charge in [0.25, 0.3) is 11.8 Å². The van der Waals surface area contributed by atoms with Crippen molar-refractivity contribution in [3.63, 3.8) is 0 Å². The van der Waals surface area contributed by atoms with Crippen LogP contribution < -0.4 is 0 Å². The molecular weight excluding hydrogens is 334 g/mol. The molecule has 0 aromatic heterocycles. The van der Waals surface area contributed by atoms with Gasteiger partial charge in [0.1, 0.15) is 5.57 Å². The van der Waals surface area contributed by atoms with Crippen molar-refractivity contribution in [3.05, 3.63) is 53.7 Å². The normalized spacial score (nSPS) is 18.6. The Morgan fingerprint density at radius 1 is 1.04 bits per heavy atom. The van der Waals surface area contributed by atoms with E-state index in [4.69, 9.17) is 0 Å². The first-order chi connectivity index (χ1) is 12.1. The number of rotatable bonds is 4. The molecule has 2 heterocycles. The number of hydrogen-bond donors (Lipinski definition) is 0. The van der Waals surface area contributed by atoms with Crippen LogP contribution in [0.25, 0.3) is 5.57 Å². The SMILES string of the molecule is CCN1SN(CC)C(=O)C(=CN2CC=C(c3ccccc3)CC2)C1=O. The topological polar surface area (TPSA) is 43.9 Å². The van der Waals surface area contributed by atoms with Crippen LogP contribution in [-0.2, 0) is 9.59 Å². The van der Waals surface area contributed by atoms with Crippen LogP contribution >= 0.6 is 12.1 Å². The lowest BCUT2D eigenvalue weighted by molar-refractivity contribution is -0.130. The minimum atomic E-state index is -0.194. The zero-order valence-electron chi connectivity index (χ0n) is 14.6. The fraction of sp³-hybridized carbons (Fsp3) is 0.368. The van der Waals surface area contributed by atoms with E-state index >= 15 is 0 Å². The van der Waals surface area contributed by atoms with Crippen molar-refractivity contribution in [2.75, 3.05) is 26.2 Å². The van der Waals surface area contributed by atoms with Crippen molar-refractivity contribution in [2.45, 2.75) is 20.3 Å². The second-order valence-corrected chi connectivity index (χ2v) is 7.01. The molecule has 0 N–H and O–H groups in total. The van der Waals surface area contributed by atoms with Gasteiger partial charge in [0, 0.05) is 32.4 Å². The van der Waals surface area contributed by atoms with Gasteiger partial charge in [-0.2, -0.15) is 0 Å². The van der Waals surface area contributed by atoms with Gasteiger partial charge in [0.2, 0.25) is 0 Å². The molecule has 1 aromatic carbocycles. The van der Waals surface area contributed by atoms with Crippen molar-refractivity contribution >= 4 is 29.5 Å². The Labute approximate surface area is 153 Å². The third-order valence-corrected chi connectivity index (χ3v) is 5.62. The van der Waals surface area contributed by atoms with Crippen LogP contribution in [0.5, 0.6) is 0 Å². The Morgan fingerprint density at radius 3 is 2.20 bits per heavy atom. The predicted molar refractivity (Wildman–Crippen MR) is 101 cm³/mol. The van der Waals surface area contributed by atoms with E-state index in [0.29, 0.717) is 19.6 Å². The molecule has 6 heteroatoms. The minimum Gasteiger partial charge on any atom is -0.372 e. The molecule has 1 saturated heterocycles. The summed E-state index contributed by atoms with van der Waals surface area (Å²) in [4.78, 5) is 27.1. The van der Waals surface area contributed by atoms with Crippen LogP contribution in [0.2, 0.25) is 0 Å². The second kappa shape index (κ2) is 7.78. The Balaban J connectivity index is 1.77. The van der Waals surface area contributed by atoms with Gasteiger partial charge in [-0.15, -0.1) is 0 Å². The molecule has 0 spiro atoms. The van der Waals surface area contributed by atoms with Crippen molar-refractivity contribution in [3.8, 4) is 0 Å². The van der Waals surface area contributed by atoms with Crippen LogP contribution in [0, 0.1) is 0 Å². The molecule has 2 aliphatic heterocycles. The number of carbonyl (C=O) groups excluding carboxylic acids is 2. The number of carbonyl (C=O) groups is 2. The molecular formula is C19H23N3O2S. The maximum atomic E-state index is 12.5. The molecule has 25 heavy (non-hydrogen) atoms. The molecule has 2 aliphatic rings. The van der Waals surface area contributed by atoms with Gasteiger partial charge < -0.3 is 4.90 Å². The number of nitrogens with zero attached hydrogens (tertiary/aromatic N) is 3. The van der Waals surface area contributed by atoms with Crippen LogP contribution in [0.4, 0.5) is 0 Å². The summed E-state index contributed by atoms with van der Waals surface area (Å²) in [5.41, 5.74) is 2.82. The Morgan fingerprint density at radius 2 is 1.68 bits per heavy atom. The summed E-state index contributed by atoms with van der Waals surface area (Å²) in [6.45, 7) is 6.49. The maximum Gasteiger partial charge on any atom is 0.272 e. The van der Waals surface area contributed by atoms with Crippen molar-refractivity contribution in [1.29, 1.82) is 0 Å². The molecule has 3 rings (SSSR count). The lowest BCUT2D eigenvalue weighted by Crippen LogP contribution is -2.44. The molecule has 0 unspecified atom stereocenters. The van der Waals surface area contributed by atoms with Gasteiger partial charge in [0.15, 0.2) is 0 Å². The molecule has 0 bridgehead atoms. The molecule has 0 radical (unpaired) electrons. The van der Waals surface area contributed by atoms with Crippen LogP contribution in [0.1, 0.15) is 25.8 Å². The van der Waals surface area contributed by atoms with E-state index in [1.165, 1.54) is 23.3 Å². The average Bonchev–Trinajstić information content (AvgIpc) is 2.66. The molecule has 2 amide bonds. The van der Waals surface area contributed by atoms with E-state index in [1.807, 2.05) is 32.0 Å². The molecule has 5 nitrogen and oxygen atoms in total. The van der Waals surface area contributed by atoms with Crippen LogP contribution in [0.3, 0.4) is 0 Å². The molecule has 0 saturated carbocycles. The highest BCUT2D eigenvalue weighted by molar-refractivity contribution is 7.96. The Hall–Kier alpha value is -2.21. The molecule has 1 aromatic rings. The predicted octanol–water partition coefficient (Wildman–Crippen LogP) is 2.93. The summed E-state index contributed by atoms with van der Waals surface area (Å²) in [5.74, 6) is -0.389. The van der Waals surface area contributed by atoms with Crippen molar-refractivity contribution in [1.82, 2.24) is 13.5 Å². The second-order valence-electron chi connectivity index (χ2n) is 5.96. The van der Waals surface area contributed by atoms with Crippen LogP contribution in [-0.4, -0.2) is 51.5 Å². The van der Waals surface area contributed by atoms with Gasteiger partial charge >= 0.3 is 0 Å². The number of benzene rings is 1. The number of amides is 2. The zero-order chi connectivity index (χ0) is 17.8. The molecule has 0 atom stereocenters. The van der Waals surface area contributed by atoms with Gasteiger partial charge in [-0.25, -0.2) is 0 Å². The standard InChI is InChI=1S/C19H23N3O2S/c1-3-21-18(23)17(19(24)22(4-2)25-21)14-20-12-10-16(11-13-20)15-8-6-5-7-9-15/h5-10,14H,3-4,11-13H2,1-2H3. The highest BCUT2D eigenvalue weighted by Gasteiger charge is 2.35. The fourth-order valence-electron chi connectivity index (χ4n) is 2.97. The third kappa shape index (κ3) is 3.74. The van der Waals surface area contributed by atoms with Gasteiger partial charge in [-0.3, -0.25) is 18.2 Å². The van der Waals surface area contributed by atoms with E-state index < -0.39 is 0 Å². The largest absolute Gasteiger partial charge is 0.372 e. The first-order valence-corrected chi connectivity index (χ1v) is 9.39. The van der Waals surface area contributed by atoms with E-state index in [9.17, 15) is 9.59 Å². The summed E-state index contributed by atoms with van der Waals surface area (Å²) in [6.07, 6.45) is 4.82. The van der Waals surface area contributed by atoms with Crippen molar-refractivity contribution in [2.24, 2.45) is 0 Å². The smallest absolute Gasteiger partial charge is 0.272 e. The van der Waals surface area contributed by atoms with E-state index in [1.54, 1.807) is 14.8 Å². The zero-order valence-corrected chi connectivity index (χ0v) is 15.5. The fourth-order valence-corrected chi connectivity index (χ4v) is 3.78. The molecule has 132 valence electrons. The minimum absolute atomic E-state index is 0.194. The highest BCUT2D eigenvalue weighted by Crippen LogP contribution is 2.28. The maximum absolute atomic E-state index is 12.5. The Kier molecular flexibility index (Phi) is 5.48. The summed E-state index contributed by atoms with van der Waals surface area (Å²) in [6, 6.07) is 10.3. The summed E-state index contributed by atoms with van der Waals surface area (Å²) in [7, 11) is 0. The summed E-state index contributed by atoms with van der Waals surface area (Å²) < 4.78 is 3.26. The average molecular weight is 357 g/mol. The lowest BCUT2D eigenvalue weighted by atomic mass is 10.00. The Bertz CT molecular complexity index is 691. The van der Waals surface area contributed by atoms with E-state index in [2.05, 4.69) is 23.1 Å². The molecule has 1 fully saturated rings. The third-order valence-electron chi connectivity index (χ3n) is 4.38. The van der Waals surface area contributed by atoms with E-state index in [0.717, 1.165) is 13.0 Å². The van der Waals surface area contributed by atoms with Crippen LogP contribution in [0.15, 0.2) is 48.2 Å². The quantitative estimate of drug-likeness (QED) is 0.472. The van der Waals surface area contributed by atoms with Gasteiger partial charge in [-0.05, 0) is 31.4 Å². The molecule has 0 aliphatic carbocycles. The summed E-state index contributed by atoms with van der Waals surface area (Å²) >= 11 is 1.21. The highest BCUT2D eigenvalue weighted by atomic mass is 32.2. The first kappa shape index (κ1) is 17.6. The van der Waals surface area contributed by atoms with E-state index in [-0.39, 0.29) is 17.4 Å².